The average molecular weight is 275 g/mol. The van der Waals surface area contributed by atoms with E-state index >= 15 is 0 Å². The molecule has 0 bridgehead atoms. The van der Waals surface area contributed by atoms with Crippen molar-refractivity contribution in [2.75, 3.05) is 6.54 Å². The predicted molar refractivity (Wildman–Crippen MR) is 76.6 cm³/mol. The van der Waals surface area contributed by atoms with Crippen molar-refractivity contribution >= 4 is 0 Å². The van der Waals surface area contributed by atoms with E-state index in [2.05, 4.69) is 28.5 Å². The molecule has 2 aromatic rings. The molecule has 0 unspecified atom stereocenters. The summed E-state index contributed by atoms with van der Waals surface area (Å²) in [6.45, 7) is 8.12. The van der Waals surface area contributed by atoms with Gasteiger partial charge in [-0.15, -0.1) is 10.2 Å². The van der Waals surface area contributed by atoms with E-state index in [4.69, 9.17) is 9.15 Å². The third kappa shape index (κ3) is 3.57. The summed E-state index contributed by atoms with van der Waals surface area (Å²) in [6.07, 6.45) is 0.739. The van der Waals surface area contributed by atoms with Crippen LogP contribution in [0.5, 0.6) is 5.75 Å². The van der Waals surface area contributed by atoms with Gasteiger partial charge >= 0.3 is 0 Å². The maximum Gasteiger partial charge on any atom is 0.253 e. The zero-order chi connectivity index (χ0) is 14.4. The number of nitrogens with zero attached hydrogens (tertiary/aromatic N) is 2. The number of nitrogens with one attached hydrogen (secondary N) is 1. The van der Waals surface area contributed by atoms with Crippen molar-refractivity contribution in [3.8, 4) is 5.75 Å². The fraction of sp³-hybridized carbons (Fsp3) is 0.467. The van der Waals surface area contributed by atoms with E-state index < -0.39 is 0 Å². The quantitative estimate of drug-likeness (QED) is 0.841. The Balaban J connectivity index is 2.07. The Kier molecular flexibility index (Phi) is 5.12. The first-order valence-corrected chi connectivity index (χ1v) is 6.97. The second-order valence-electron chi connectivity index (χ2n) is 4.58. The van der Waals surface area contributed by atoms with Gasteiger partial charge in [-0.05, 0) is 19.0 Å². The van der Waals surface area contributed by atoms with Gasteiger partial charge in [-0.3, -0.25) is 0 Å². The number of benzene rings is 1. The number of aromatic nitrogens is 2. The number of aryl methyl sites for hydroxylation is 2. The van der Waals surface area contributed by atoms with Gasteiger partial charge in [0.2, 0.25) is 5.89 Å². The minimum Gasteiger partial charge on any atom is -0.483 e. The van der Waals surface area contributed by atoms with Crippen LogP contribution in [0.1, 0.15) is 36.8 Å². The summed E-state index contributed by atoms with van der Waals surface area (Å²) in [7, 11) is 0. The number of para-hydroxylation sites is 1. The third-order valence-electron chi connectivity index (χ3n) is 3.01. The summed E-state index contributed by atoms with van der Waals surface area (Å²) in [5.41, 5.74) is 2.25. The molecule has 0 spiro atoms. The molecule has 0 saturated carbocycles. The highest BCUT2D eigenvalue weighted by Gasteiger charge is 2.10. The lowest BCUT2D eigenvalue weighted by molar-refractivity contribution is 0.255. The summed E-state index contributed by atoms with van der Waals surface area (Å²) >= 11 is 0. The number of hydrogen-bond donors (Lipinski definition) is 1. The lowest BCUT2D eigenvalue weighted by atomic mass is 10.1. The Morgan fingerprint density at radius 1 is 1.20 bits per heavy atom. The summed E-state index contributed by atoms with van der Waals surface area (Å²) in [4.78, 5) is 0. The molecule has 0 aliphatic heterocycles. The minimum absolute atomic E-state index is 0.303. The molecule has 20 heavy (non-hydrogen) atoms. The van der Waals surface area contributed by atoms with Gasteiger partial charge in [0.05, 0.1) is 0 Å². The summed E-state index contributed by atoms with van der Waals surface area (Å²) in [6, 6.07) is 6.14. The molecule has 5 heteroatoms. The zero-order valence-electron chi connectivity index (χ0n) is 12.3. The second kappa shape index (κ2) is 7.05. The number of hydrogen-bond acceptors (Lipinski definition) is 5. The van der Waals surface area contributed by atoms with Crippen molar-refractivity contribution in [2.45, 2.75) is 40.3 Å². The van der Waals surface area contributed by atoms with Crippen LogP contribution in [0.3, 0.4) is 0 Å². The van der Waals surface area contributed by atoms with Crippen LogP contribution in [0.4, 0.5) is 0 Å². The number of ether oxygens (including phenoxy) is 1. The molecular formula is C15H21N3O2. The summed E-state index contributed by atoms with van der Waals surface area (Å²) < 4.78 is 11.3. The fourth-order valence-electron chi connectivity index (χ4n) is 1.94. The maximum absolute atomic E-state index is 5.87. The maximum atomic E-state index is 5.87. The Morgan fingerprint density at radius 2 is 2.00 bits per heavy atom. The molecule has 0 aliphatic carbocycles. The first-order valence-electron chi connectivity index (χ1n) is 6.97. The van der Waals surface area contributed by atoms with Crippen LogP contribution in [0.2, 0.25) is 0 Å². The molecular weight excluding hydrogens is 254 g/mol. The van der Waals surface area contributed by atoms with Crippen molar-refractivity contribution in [3.63, 3.8) is 0 Å². The van der Waals surface area contributed by atoms with Crippen molar-refractivity contribution < 1.29 is 9.15 Å². The molecule has 2 rings (SSSR count). The molecule has 0 aliphatic rings. The molecule has 0 saturated heterocycles. The zero-order valence-corrected chi connectivity index (χ0v) is 12.3. The summed E-state index contributed by atoms with van der Waals surface area (Å²) in [5, 5.41) is 11.2. The Morgan fingerprint density at radius 3 is 2.70 bits per heavy atom. The van der Waals surface area contributed by atoms with Crippen molar-refractivity contribution in [1.82, 2.24) is 15.5 Å². The van der Waals surface area contributed by atoms with Crippen LogP contribution < -0.4 is 10.1 Å². The van der Waals surface area contributed by atoms with E-state index in [0.717, 1.165) is 36.4 Å². The highest BCUT2D eigenvalue weighted by atomic mass is 16.5. The van der Waals surface area contributed by atoms with Crippen LogP contribution in [0.15, 0.2) is 22.6 Å². The van der Waals surface area contributed by atoms with E-state index in [-0.39, 0.29) is 0 Å². The van der Waals surface area contributed by atoms with Crippen LogP contribution in [-0.4, -0.2) is 16.7 Å². The second-order valence-corrected chi connectivity index (χ2v) is 4.58. The van der Waals surface area contributed by atoms with E-state index in [1.54, 1.807) is 0 Å². The van der Waals surface area contributed by atoms with Crippen molar-refractivity contribution in [3.05, 3.63) is 41.1 Å². The minimum atomic E-state index is 0.303. The van der Waals surface area contributed by atoms with E-state index in [0.29, 0.717) is 18.4 Å². The predicted octanol–water partition coefficient (Wildman–Crippen LogP) is 2.63. The lowest BCUT2D eigenvalue weighted by Crippen LogP contribution is -2.13. The van der Waals surface area contributed by atoms with Crippen molar-refractivity contribution in [2.24, 2.45) is 0 Å². The first kappa shape index (κ1) is 14.5. The standard InChI is InChI=1S/C15H21N3O2/c1-4-13-17-18-14(20-13)10-19-15-11(3)7-6-8-12(15)9-16-5-2/h6-8,16H,4-5,9-10H2,1-3H3. The third-order valence-corrected chi connectivity index (χ3v) is 3.01. The molecule has 5 nitrogen and oxygen atoms in total. The molecule has 108 valence electrons. The Hall–Kier alpha value is -1.88. The Labute approximate surface area is 119 Å². The normalized spacial score (nSPS) is 10.8. The summed E-state index contributed by atoms with van der Waals surface area (Å²) in [5.74, 6) is 2.05. The van der Waals surface area contributed by atoms with Gasteiger partial charge in [-0.2, -0.15) is 0 Å². The van der Waals surface area contributed by atoms with Gasteiger partial charge < -0.3 is 14.5 Å². The van der Waals surface area contributed by atoms with Gasteiger partial charge in [0.25, 0.3) is 5.89 Å². The van der Waals surface area contributed by atoms with Crippen LogP contribution in [-0.2, 0) is 19.6 Å². The highest BCUT2D eigenvalue weighted by Crippen LogP contribution is 2.24. The molecule has 0 amide bonds. The van der Waals surface area contributed by atoms with Crippen molar-refractivity contribution in [1.29, 1.82) is 0 Å². The van der Waals surface area contributed by atoms with Crippen LogP contribution in [0, 0.1) is 6.92 Å². The molecule has 0 radical (unpaired) electrons. The van der Waals surface area contributed by atoms with Crippen LogP contribution in [0.25, 0.3) is 0 Å². The fourth-order valence-corrected chi connectivity index (χ4v) is 1.94. The van der Waals surface area contributed by atoms with E-state index in [1.165, 1.54) is 0 Å². The number of rotatable bonds is 7. The van der Waals surface area contributed by atoms with Gasteiger partial charge in [-0.25, -0.2) is 0 Å². The van der Waals surface area contributed by atoms with Crippen LogP contribution >= 0.6 is 0 Å². The van der Waals surface area contributed by atoms with E-state index in [9.17, 15) is 0 Å². The highest BCUT2D eigenvalue weighted by molar-refractivity contribution is 5.40. The molecule has 1 heterocycles. The smallest absolute Gasteiger partial charge is 0.253 e. The van der Waals surface area contributed by atoms with Gasteiger partial charge in [0.15, 0.2) is 6.61 Å². The van der Waals surface area contributed by atoms with Gasteiger partial charge in [0.1, 0.15) is 5.75 Å². The molecule has 1 aromatic heterocycles. The molecule has 0 fully saturated rings. The monoisotopic (exact) mass is 275 g/mol. The Bertz CT molecular complexity index is 552. The largest absolute Gasteiger partial charge is 0.483 e. The van der Waals surface area contributed by atoms with Gasteiger partial charge in [-0.1, -0.05) is 32.0 Å². The van der Waals surface area contributed by atoms with E-state index in [1.807, 2.05) is 26.0 Å². The SMILES string of the molecule is CCNCc1cccc(C)c1OCc1nnc(CC)o1. The molecule has 1 N–H and O–H groups in total. The molecule has 1 aromatic carbocycles. The first-order chi connectivity index (χ1) is 9.74. The van der Waals surface area contributed by atoms with Gasteiger partial charge in [0, 0.05) is 18.5 Å². The lowest BCUT2D eigenvalue weighted by Gasteiger charge is -2.13. The molecule has 0 atom stereocenters. The average Bonchev–Trinajstić information content (AvgIpc) is 2.92. The topological polar surface area (TPSA) is 60.2 Å².